The molecule has 0 spiro atoms. The molecule has 1 fully saturated rings. The Kier molecular flexibility index (Phi) is 5.11. The van der Waals surface area contributed by atoms with Crippen molar-refractivity contribution in [1.29, 1.82) is 0 Å². The molecule has 1 heterocycles. The molecule has 28 heavy (non-hydrogen) atoms. The summed E-state index contributed by atoms with van der Waals surface area (Å²) >= 11 is 0. The third kappa shape index (κ3) is 3.91. The molecule has 4 rings (SSSR count). The van der Waals surface area contributed by atoms with Gasteiger partial charge in [0.1, 0.15) is 0 Å². The normalized spacial score (nSPS) is 14.9. The van der Waals surface area contributed by atoms with Gasteiger partial charge in [0.2, 0.25) is 5.91 Å². The monoisotopic (exact) mass is 371 g/mol. The number of carbonyl (C=O) groups excluding carboxylic acids is 1. The predicted molar refractivity (Wildman–Crippen MR) is 112 cm³/mol. The van der Waals surface area contributed by atoms with Crippen LogP contribution in [0.15, 0.2) is 66.7 Å². The predicted octanol–water partition coefficient (Wildman–Crippen LogP) is 4.77. The number of rotatable bonds is 6. The summed E-state index contributed by atoms with van der Waals surface area (Å²) in [4.78, 5) is 12.6. The van der Waals surface area contributed by atoms with Crippen molar-refractivity contribution in [2.24, 2.45) is 5.92 Å². The van der Waals surface area contributed by atoms with Crippen molar-refractivity contribution in [2.45, 2.75) is 32.7 Å². The van der Waals surface area contributed by atoms with E-state index in [9.17, 15) is 4.79 Å². The minimum atomic E-state index is -0.0629. The summed E-state index contributed by atoms with van der Waals surface area (Å²) in [6.45, 7) is 4.00. The molecule has 1 amide bonds. The molecule has 0 saturated heterocycles. The van der Waals surface area contributed by atoms with Crippen molar-refractivity contribution < 1.29 is 4.79 Å². The molecule has 2 aromatic carbocycles. The van der Waals surface area contributed by atoms with Crippen LogP contribution in [-0.4, -0.2) is 15.7 Å². The number of nitrogens with one attached hydrogen (secondary N) is 1. The fourth-order valence-electron chi connectivity index (χ4n) is 3.64. The Bertz CT molecular complexity index is 985. The molecule has 1 aliphatic carbocycles. The standard InChI is InChI=1S/C24H25N3O/c1-17-22(18(2)27(26-17)21-11-7-4-8-12-21)15-16-23(28)25-24(20-13-14-20)19-9-5-3-6-10-19/h3-12,15-16,20,24H,13-14H2,1-2H3,(H,25,28)/b16-15+. The van der Waals surface area contributed by atoms with Crippen LogP contribution in [0.1, 0.15) is 41.4 Å². The number of nitrogens with zero attached hydrogens (tertiary/aromatic N) is 2. The molecule has 1 atom stereocenters. The van der Waals surface area contributed by atoms with Gasteiger partial charge in [-0.15, -0.1) is 0 Å². The number of amides is 1. The van der Waals surface area contributed by atoms with E-state index in [0.717, 1.165) is 22.6 Å². The lowest BCUT2D eigenvalue weighted by atomic mass is 10.0. The highest BCUT2D eigenvalue weighted by Gasteiger charge is 2.32. The molecule has 1 aromatic heterocycles. The molecule has 1 N–H and O–H groups in total. The van der Waals surface area contributed by atoms with Crippen molar-refractivity contribution in [3.05, 3.63) is 89.3 Å². The van der Waals surface area contributed by atoms with E-state index in [1.54, 1.807) is 6.08 Å². The first kappa shape index (κ1) is 18.2. The molecule has 4 nitrogen and oxygen atoms in total. The highest BCUT2D eigenvalue weighted by molar-refractivity contribution is 5.92. The van der Waals surface area contributed by atoms with Gasteiger partial charge in [-0.2, -0.15) is 5.10 Å². The molecular weight excluding hydrogens is 346 g/mol. The van der Waals surface area contributed by atoms with Crippen LogP contribution >= 0.6 is 0 Å². The number of aryl methyl sites for hydroxylation is 1. The number of aromatic nitrogens is 2. The second kappa shape index (κ2) is 7.85. The second-order valence-corrected chi connectivity index (χ2v) is 7.40. The van der Waals surface area contributed by atoms with Gasteiger partial charge in [0.25, 0.3) is 0 Å². The largest absolute Gasteiger partial charge is 0.345 e. The van der Waals surface area contributed by atoms with Crippen LogP contribution in [0.3, 0.4) is 0 Å². The van der Waals surface area contributed by atoms with E-state index in [1.165, 1.54) is 18.4 Å². The van der Waals surface area contributed by atoms with E-state index in [4.69, 9.17) is 0 Å². The first-order chi connectivity index (χ1) is 13.6. The molecule has 3 aromatic rings. The minimum Gasteiger partial charge on any atom is -0.345 e. The SMILES string of the molecule is Cc1nn(-c2ccccc2)c(C)c1/C=C/C(=O)NC(c1ccccc1)C1CC1. The molecular formula is C24H25N3O. The highest BCUT2D eigenvalue weighted by atomic mass is 16.1. The van der Waals surface area contributed by atoms with Crippen molar-refractivity contribution in [1.82, 2.24) is 15.1 Å². The van der Waals surface area contributed by atoms with Crippen molar-refractivity contribution in [3.63, 3.8) is 0 Å². The maximum Gasteiger partial charge on any atom is 0.244 e. The van der Waals surface area contributed by atoms with Gasteiger partial charge in [-0.25, -0.2) is 4.68 Å². The third-order valence-electron chi connectivity index (χ3n) is 5.30. The van der Waals surface area contributed by atoms with Gasteiger partial charge >= 0.3 is 0 Å². The lowest BCUT2D eigenvalue weighted by Crippen LogP contribution is -2.28. The Morgan fingerprint density at radius 2 is 1.71 bits per heavy atom. The lowest BCUT2D eigenvalue weighted by molar-refractivity contribution is -0.117. The summed E-state index contributed by atoms with van der Waals surface area (Å²) in [5.74, 6) is 0.482. The third-order valence-corrected chi connectivity index (χ3v) is 5.30. The number of carbonyl (C=O) groups is 1. The second-order valence-electron chi connectivity index (χ2n) is 7.40. The summed E-state index contributed by atoms with van der Waals surface area (Å²) in [7, 11) is 0. The summed E-state index contributed by atoms with van der Waals surface area (Å²) in [6, 6.07) is 20.4. The zero-order valence-electron chi connectivity index (χ0n) is 16.3. The van der Waals surface area contributed by atoms with Crippen LogP contribution in [0.2, 0.25) is 0 Å². The molecule has 1 saturated carbocycles. The first-order valence-electron chi connectivity index (χ1n) is 9.78. The molecule has 1 unspecified atom stereocenters. The molecule has 0 aliphatic heterocycles. The van der Waals surface area contributed by atoms with Gasteiger partial charge in [-0.3, -0.25) is 4.79 Å². The van der Waals surface area contributed by atoms with Gasteiger partial charge in [-0.1, -0.05) is 48.5 Å². The number of para-hydroxylation sites is 1. The van der Waals surface area contributed by atoms with Gasteiger partial charge in [0, 0.05) is 17.3 Å². The van der Waals surface area contributed by atoms with Crippen LogP contribution in [0, 0.1) is 19.8 Å². The summed E-state index contributed by atoms with van der Waals surface area (Å²) < 4.78 is 1.92. The fourth-order valence-corrected chi connectivity index (χ4v) is 3.64. The van der Waals surface area contributed by atoms with E-state index in [-0.39, 0.29) is 11.9 Å². The Balaban J connectivity index is 1.51. The van der Waals surface area contributed by atoms with Crippen molar-refractivity contribution in [3.8, 4) is 5.69 Å². The lowest BCUT2D eigenvalue weighted by Gasteiger charge is -2.17. The summed E-state index contributed by atoms with van der Waals surface area (Å²) in [5, 5.41) is 7.83. The van der Waals surface area contributed by atoms with Gasteiger partial charge in [-0.05, 0) is 56.4 Å². The van der Waals surface area contributed by atoms with Gasteiger partial charge in [0.05, 0.1) is 17.4 Å². The topological polar surface area (TPSA) is 46.9 Å². The molecule has 4 heteroatoms. The van der Waals surface area contributed by atoms with Crippen LogP contribution in [-0.2, 0) is 4.79 Å². The molecule has 142 valence electrons. The Morgan fingerprint density at radius 3 is 2.36 bits per heavy atom. The number of hydrogen-bond donors (Lipinski definition) is 1. The summed E-state index contributed by atoms with van der Waals surface area (Å²) in [6.07, 6.45) is 5.85. The zero-order chi connectivity index (χ0) is 19.5. The van der Waals surface area contributed by atoms with Crippen molar-refractivity contribution >= 4 is 12.0 Å². The summed E-state index contributed by atoms with van der Waals surface area (Å²) in [5.41, 5.74) is 5.12. The van der Waals surface area contributed by atoms with E-state index >= 15 is 0 Å². The van der Waals surface area contributed by atoms with Crippen LogP contribution in [0.4, 0.5) is 0 Å². The average molecular weight is 371 g/mol. The Hall–Kier alpha value is -3.14. The smallest absolute Gasteiger partial charge is 0.244 e. The maximum absolute atomic E-state index is 12.6. The van der Waals surface area contributed by atoms with E-state index in [2.05, 4.69) is 22.5 Å². The quantitative estimate of drug-likeness (QED) is 0.635. The number of benzene rings is 2. The minimum absolute atomic E-state index is 0.0629. The van der Waals surface area contributed by atoms with E-state index < -0.39 is 0 Å². The van der Waals surface area contributed by atoms with Gasteiger partial charge < -0.3 is 5.32 Å². The number of hydrogen-bond acceptors (Lipinski definition) is 2. The van der Waals surface area contributed by atoms with Crippen LogP contribution in [0.5, 0.6) is 0 Å². The van der Waals surface area contributed by atoms with E-state index in [0.29, 0.717) is 5.92 Å². The van der Waals surface area contributed by atoms with E-state index in [1.807, 2.05) is 73.1 Å². The van der Waals surface area contributed by atoms with Gasteiger partial charge in [0.15, 0.2) is 0 Å². The molecule has 1 aliphatic rings. The van der Waals surface area contributed by atoms with Crippen LogP contribution in [0.25, 0.3) is 11.8 Å². The average Bonchev–Trinajstić information content (AvgIpc) is 3.52. The maximum atomic E-state index is 12.6. The van der Waals surface area contributed by atoms with Crippen LogP contribution < -0.4 is 5.32 Å². The molecule has 0 radical (unpaired) electrons. The fraction of sp³-hybridized carbons (Fsp3) is 0.250. The Labute approximate surface area is 165 Å². The highest BCUT2D eigenvalue weighted by Crippen LogP contribution is 2.40. The zero-order valence-corrected chi connectivity index (χ0v) is 16.3. The first-order valence-corrected chi connectivity index (χ1v) is 9.78. The molecule has 0 bridgehead atoms. The van der Waals surface area contributed by atoms with Crippen molar-refractivity contribution in [2.75, 3.05) is 0 Å². The Morgan fingerprint density at radius 1 is 1.07 bits per heavy atom.